The second-order valence-electron chi connectivity index (χ2n) is 3.86. The molecule has 1 N–H and O–H groups in total. The molecule has 0 spiro atoms. The van der Waals surface area contributed by atoms with Crippen molar-refractivity contribution in [3.05, 3.63) is 66.0 Å². The number of nitrogens with one attached hydrogen (secondary N) is 1. The summed E-state index contributed by atoms with van der Waals surface area (Å²) in [5, 5.41) is 3.43. The van der Waals surface area contributed by atoms with E-state index in [1.54, 1.807) is 6.20 Å². The Bertz CT molecular complexity index is 430. The summed E-state index contributed by atoms with van der Waals surface area (Å²) in [5.41, 5.74) is 2.38. The zero-order chi connectivity index (χ0) is 11.9. The van der Waals surface area contributed by atoms with Gasteiger partial charge in [0.1, 0.15) is 0 Å². The lowest BCUT2D eigenvalue weighted by Crippen LogP contribution is -2.22. The molecule has 0 bridgehead atoms. The molecule has 88 valence electrons. The van der Waals surface area contributed by atoms with Gasteiger partial charge < -0.3 is 5.32 Å². The van der Waals surface area contributed by atoms with E-state index in [4.69, 9.17) is 11.6 Å². The highest BCUT2D eigenvalue weighted by molar-refractivity contribution is 6.18. The third-order valence-corrected chi connectivity index (χ3v) is 2.94. The highest BCUT2D eigenvalue weighted by atomic mass is 35.5. The van der Waals surface area contributed by atoms with Crippen molar-refractivity contribution in [2.24, 2.45) is 0 Å². The maximum Gasteiger partial charge on any atom is 0.0460 e. The SMILES string of the molecule is ClCC(NCc1cccnc1)c1ccccc1. The van der Waals surface area contributed by atoms with Gasteiger partial charge >= 0.3 is 0 Å². The van der Waals surface area contributed by atoms with E-state index in [1.165, 1.54) is 11.1 Å². The first-order valence-electron chi connectivity index (χ1n) is 5.63. The van der Waals surface area contributed by atoms with Crippen LogP contribution in [0.25, 0.3) is 0 Å². The Morgan fingerprint density at radius 1 is 1.12 bits per heavy atom. The monoisotopic (exact) mass is 246 g/mol. The highest BCUT2D eigenvalue weighted by Crippen LogP contribution is 2.14. The molecule has 0 aliphatic carbocycles. The van der Waals surface area contributed by atoms with Crippen LogP contribution in [0.2, 0.25) is 0 Å². The number of rotatable bonds is 5. The number of pyridine rings is 1. The lowest BCUT2D eigenvalue weighted by molar-refractivity contribution is 0.578. The Labute approximate surface area is 107 Å². The largest absolute Gasteiger partial charge is 0.305 e. The minimum atomic E-state index is 0.179. The van der Waals surface area contributed by atoms with Crippen molar-refractivity contribution in [2.75, 3.05) is 5.88 Å². The molecular formula is C14H15ClN2. The van der Waals surface area contributed by atoms with E-state index in [9.17, 15) is 0 Å². The lowest BCUT2D eigenvalue weighted by atomic mass is 10.1. The van der Waals surface area contributed by atoms with Crippen molar-refractivity contribution in [3.8, 4) is 0 Å². The molecule has 0 fully saturated rings. The molecule has 0 radical (unpaired) electrons. The van der Waals surface area contributed by atoms with Gasteiger partial charge in [0.05, 0.1) is 0 Å². The number of alkyl halides is 1. The van der Waals surface area contributed by atoms with Crippen LogP contribution in [-0.4, -0.2) is 10.9 Å². The third kappa shape index (κ3) is 3.55. The topological polar surface area (TPSA) is 24.9 Å². The summed E-state index contributed by atoms with van der Waals surface area (Å²) in [5.74, 6) is 0.560. The van der Waals surface area contributed by atoms with E-state index in [2.05, 4.69) is 28.5 Å². The van der Waals surface area contributed by atoms with E-state index in [1.807, 2.05) is 30.5 Å². The quantitative estimate of drug-likeness (QED) is 0.820. The maximum absolute atomic E-state index is 5.99. The molecule has 3 heteroatoms. The second kappa shape index (κ2) is 6.38. The predicted octanol–water partition coefficient (Wildman–Crippen LogP) is 3.15. The summed E-state index contributed by atoms with van der Waals surface area (Å²) in [6.45, 7) is 0.778. The van der Waals surface area contributed by atoms with Gasteiger partial charge in [-0.1, -0.05) is 36.4 Å². The summed E-state index contributed by atoms with van der Waals surface area (Å²) >= 11 is 5.99. The number of aromatic nitrogens is 1. The van der Waals surface area contributed by atoms with Gasteiger partial charge in [0.25, 0.3) is 0 Å². The lowest BCUT2D eigenvalue weighted by Gasteiger charge is -2.16. The average Bonchev–Trinajstić information content (AvgIpc) is 2.42. The van der Waals surface area contributed by atoms with Crippen LogP contribution in [0.5, 0.6) is 0 Å². The van der Waals surface area contributed by atoms with Crippen molar-refractivity contribution in [3.63, 3.8) is 0 Å². The predicted molar refractivity (Wildman–Crippen MR) is 71.0 cm³/mol. The molecule has 2 aromatic rings. The first-order chi connectivity index (χ1) is 8.40. The summed E-state index contributed by atoms with van der Waals surface area (Å²) in [6, 6.07) is 14.4. The van der Waals surface area contributed by atoms with Crippen LogP contribution >= 0.6 is 11.6 Å². The molecule has 1 unspecified atom stereocenters. The summed E-state index contributed by atoms with van der Waals surface area (Å²) in [4.78, 5) is 4.09. The molecule has 2 rings (SSSR count). The summed E-state index contributed by atoms with van der Waals surface area (Å²) in [7, 11) is 0. The number of hydrogen-bond acceptors (Lipinski definition) is 2. The molecule has 0 saturated carbocycles. The fourth-order valence-electron chi connectivity index (χ4n) is 1.69. The van der Waals surface area contributed by atoms with Crippen LogP contribution in [0.3, 0.4) is 0 Å². The van der Waals surface area contributed by atoms with E-state index in [0.717, 1.165) is 6.54 Å². The van der Waals surface area contributed by atoms with Crippen molar-refractivity contribution >= 4 is 11.6 Å². The van der Waals surface area contributed by atoms with Gasteiger partial charge in [0, 0.05) is 30.9 Å². The van der Waals surface area contributed by atoms with Crippen molar-refractivity contribution in [1.29, 1.82) is 0 Å². The fourth-order valence-corrected chi connectivity index (χ4v) is 1.98. The summed E-state index contributed by atoms with van der Waals surface area (Å²) < 4.78 is 0. The first kappa shape index (κ1) is 12.1. The molecule has 2 nitrogen and oxygen atoms in total. The molecule has 1 aromatic heterocycles. The number of nitrogens with zero attached hydrogens (tertiary/aromatic N) is 1. The Morgan fingerprint density at radius 2 is 1.94 bits per heavy atom. The van der Waals surface area contributed by atoms with Crippen LogP contribution in [0.15, 0.2) is 54.9 Å². The normalized spacial score (nSPS) is 12.3. The number of benzene rings is 1. The zero-order valence-corrected chi connectivity index (χ0v) is 10.3. The summed E-state index contributed by atoms with van der Waals surface area (Å²) in [6.07, 6.45) is 3.64. The van der Waals surface area contributed by atoms with Crippen LogP contribution in [0.4, 0.5) is 0 Å². The minimum absolute atomic E-state index is 0.179. The maximum atomic E-state index is 5.99. The van der Waals surface area contributed by atoms with Gasteiger partial charge in [0.15, 0.2) is 0 Å². The number of halogens is 1. The fraction of sp³-hybridized carbons (Fsp3) is 0.214. The number of hydrogen-bond donors (Lipinski definition) is 1. The Balaban J connectivity index is 1.97. The zero-order valence-electron chi connectivity index (χ0n) is 9.51. The van der Waals surface area contributed by atoms with Crippen LogP contribution < -0.4 is 5.32 Å². The third-order valence-electron chi connectivity index (χ3n) is 2.63. The highest BCUT2D eigenvalue weighted by Gasteiger charge is 2.08. The molecular weight excluding hydrogens is 232 g/mol. The van der Waals surface area contributed by atoms with Gasteiger partial charge in [-0.3, -0.25) is 4.98 Å². The second-order valence-corrected chi connectivity index (χ2v) is 4.17. The van der Waals surface area contributed by atoms with Crippen molar-refractivity contribution < 1.29 is 0 Å². The van der Waals surface area contributed by atoms with Gasteiger partial charge in [-0.15, -0.1) is 11.6 Å². The molecule has 17 heavy (non-hydrogen) atoms. The standard InChI is InChI=1S/C14H15ClN2/c15-9-14(13-6-2-1-3-7-13)17-11-12-5-4-8-16-10-12/h1-8,10,14,17H,9,11H2. The average molecular weight is 247 g/mol. The van der Waals surface area contributed by atoms with Gasteiger partial charge in [-0.25, -0.2) is 0 Å². The molecule has 0 saturated heterocycles. The molecule has 1 heterocycles. The molecule has 0 aliphatic rings. The van der Waals surface area contributed by atoms with Crippen LogP contribution in [-0.2, 0) is 6.54 Å². The van der Waals surface area contributed by atoms with Crippen LogP contribution in [0.1, 0.15) is 17.2 Å². The Morgan fingerprint density at radius 3 is 2.59 bits per heavy atom. The van der Waals surface area contributed by atoms with Gasteiger partial charge in [0.2, 0.25) is 0 Å². The van der Waals surface area contributed by atoms with Crippen molar-refractivity contribution in [2.45, 2.75) is 12.6 Å². The molecule has 1 atom stereocenters. The van der Waals surface area contributed by atoms with E-state index >= 15 is 0 Å². The van der Waals surface area contributed by atoms with Gasteiger partial charge in [-0.05, 0) is 17.2 Å². The first-order valence-corrected chi connectivity index (χ1v) is 6.17. The molecule has 0 amide bonds. The molecule has 0 aliphatic heterocycles. The smallest absolute Gasteiger partial charge is 0.0460 e. The van der Waals surface area contributed by atoms with Crippen molar-refractivity contribution in [1.82, 2.24) is 10.3 Å². The van der Waals surface area contributed by atoms with Gasteiger partial charge in [-0.2, -0.15) is 0 Å². The Kier molecular flexibility index (Phi) is 4.54. The minimum Gasteiger partial charge on any atom is -0.305 e. The Hall–Kier alpha value is -1.38. The van der Waals surface area contributed by atoms with E-state index in [-0.39, 0.29) is 6.04 Å². The van der Waals surface area contributed by atoms with E-state index in [0.29, 0.717) is 5.88 Å². The van der Waals surface area contributed by atoms with E-state index < -0.39 is 0 Å². The molecule has 1 aromatic carbocycles. The van der Waals surface area contributed by atoms with Crippen LogP contribution in [0, 0.1) is 0 Å².